The fourth-order valence-electron chi connectivity index (χ4n) is 2.56. The molecule has 2 rings (SSSR count). The van der Waals surface area contributed by atoms with Crippen molar-refractivity contribution in [1.29, 1.82) is 0 Å². The number of furan rings is 1. The van der Waals surface area contributed by atoms with E-state index >= 15 is 0 Å². The molecule has 32 heavy (non-hydrogen) atoms. The number of carbonyl (C=O) groups is 3. The molecular weight excluding hydrogens is 462 g/mol. The Balaban J connectivity index is 2.01. The minimum absolute atomic E-state index is 0.0246. The first-order valence-electron chi connectivity index (χ1n) is 9.47. The number of rotatable bonds is 11. The molecule has 1 aromatic heterocycles. The highest BCUT2D eigenvalue weighted by atomic mass is 35.5. The summed E-state index contributed by atoms with van der Waals surface area (Å²) in [6.07, 6.45) is 2.45. The first-order valence-corrected chi connectivity index (χ1v) is 11.2. The van der Waals surface area contributed by atoms with Crippen molar-refractivity contribution in [2.75, 3.05) is 12.0 Å². The van der Waals surface area contributed by atoms with Crippen LogP contribution >= 0.6 is 23.4 Å². The second-order valence-electron chi connectivity index (χ2n) is 6.61. The van der Waals surface area contributed by atoms with Crippen LogP contribution in [0.4, 0.5) is 5.69 Å². The average Bonchev–Trinajstić information content (AvgIpc) is 3.28. The summed E-state index contributed by atoms with van der Waals surface area (Å²) >= 11 is 7.45. The van der Waals surface area contributed by atoms with Crippen LogP contribution < -0.4 is 10.6 Å². The minimum Gasteiger partial charge on any atom is -0.467 e. The highest BCUT2D eigenvalue weighted by Gasteiger charge is 2.27. The Kier molecular flexibility index (Phi) is 9.54. The van der Waals surface area contributed by atoms with Gasteiger partial charge in [-0.05, 0) is 43.6 Å². The van der Waals surface area contributed by atoms with Crippen molar-refractivity contribution in [1.82, 2.24) is 10.6 Å². The van der Waals surface area contributed by atoms with Crippen LogP contribution in [0.25, 0.3) is 0 Å². The van der Waals surface area contributed by atoms with Crippen LogP contribution in [-0.4, -0.2) is 46.9 Å². The molecule has 2 atom stereocenters. The van der Waals surface area contributed by atoms with Crippen LogP contribution in [0, 0.1) is 10.1 Å². The van der Waals surface area contributed by atoms with E-state index in [1.54, 1.807) is 12.1 Å². The van der Waals surface area contributed by atoms with Crippen LogP contribution in [0.3, 0.4) is 0 Å². The van der Waals surface area contributed by atoms with Gasteiger partial charge in [-0.25, -0.2) is 4.79 Å². The van der Waals surface area contributed by atoms with Crippen molar-refractivity contribution >= 4 is 46.8 Å². The molecule has 0 spiro atoms. The lowest BCUT2D eigenvalue weighted by molar-refractivity contribution is -0.384. The summed E-state index contributed by atoms with van der Waals surface area (Å²) in [6, 6.07) is 5.73. The number of carbonyl (C=O) groups excluding carboxylic acids is 3. The number of nitrogens with zero attached hydrogens (tertiary/aromatic N) is 1. The van der Waals surface area contributed by atoms with Gasteiger partial charge in [0.05, 0.1) is 28.3 Å². The summed E-state index contributed by atoms with van der Waals surface area (Å²) in [4.78, 5) is 47.6. The number of hydrogen-bond donors (Lipinski definition) is 2. The molecule has 0 saturated carbocycles. The number of nitro groups is 1. The van der Waals surface area contributed by atoms with Crippen molar-refractivity contribution < 1.29 is 28.5 Å². The van der Waals surface area contributed by atoms with Crippen molar-refractivity contribution in [2.24, 2.45) is 0 Å². The van der Waals surface area contributed by atoms with Crippen LogP contribution in [0.5, 0.6) is 0 Å². The number of esters is 1. The van der Waals surface area contributed by atoms with E-state index < -0.39 is 34.9 Å². The van der Waals surface area contributed by atoms with E-state index in [1.807, 2.05) is 6.26 Å². The molecule has 172 valence electrons. The number of nitro benzene ring substituents is 1. The van der Waals surface area contributed by atoms with E-state index in [2.05, 4.69) is 10.6 Å². The van der Waals surface area contributed by atoms with Gasteiger partial charge in [-0.15, -0.1) is 0 Å². The van der Waals surface area contributed by atoms with E-state index in [0.717, 1.165) is 12.1 Å². The monoisotopic (exact) mass is 483 g/mol. The maximum atomic E-state index is 12.6. The zero-order chi connectivity index (χ0) is 23.7. The molecule has 10 nitrogen and oxygen atoms in total. The number of non-ortho nitro benzene ring substituents is 1. The molecule has 0 aliphatic rings. The molecule has 12 heteroatoms. The molecule has 2 amide bonds. The number of amides is 2. The Labute approximate surface area is 193 Å². The van der Waals surface area contributed by atoms with Crippen LogP contribution in [0.2, 0.25) is 5.02 Å². The first-order chi connectivity index (χ1) is 15.2. The molecule has 1 heterocycles. The van der Waals surface area contributed by atoms with E-state index in [4.69, 9.17) is 20.8 Å². The van der Waals surface area contributed by atoms with Gasteiger partial charge in [-0.2, -0.15) is 11.8 Å². The molecule has 0 radical (unpaired) electrons. The summed E-state index contributed by atoms with van der Waals surface area (Å²) < 4.78 is 10.4. The van der Waals surface area contributed by atoms with Crippen LogP contribution in [0.15, 0.2) is 41.0 Å². The van der Waals surface area contributed by atoms with Gasteiger partial charge in [0.1, 0.15) is 11.8 Å². The summed E-state index contributed by atoms with van der Waals surface area (Å²) in [7, 11) is 0. The number of nitrogens with one attached hydrogen (secondary N) is 2. The largest absolute Gasteiger partial charge is 0.467 e. The van der Waals surface area contributed by atoms with Crippen LogP contribution in [-0.2, 0) is 20.9 Å². The number of ether oxygens (including phenoxy) is 1. The number of halogens is 1. The molecule has 0 saturated heterocycles. The molecule has 0 aliphatic carbocycles. The Hall–Kier alpha value is -3.05. The lowest BCUT2D eigenvalue weighted by Gasteiger charge is -2.20. The SMILES string of the molecule is CSCC[C@@H](NC(=O)c1ccc([N+](=O)[O-])cc1Cl)C(=O)O[C@H](C)C(=O)NCc1ccco1. The molecular formula is C20H22ClN3O7S. The fourth-order valence-corrected chi connectivity index (χ4v) is 3.30. The number of benzene rings is 1. The summed E-state index contributed by atoms with van der Waals surface area (Å²) in [5, 5.41) is 15.8. The Morgan fingerprint density at radius 2 is 2.06 bits per heavy atom. The third-order valence-corrected chi connectivity index (χ3v) is 5.24. The van der Waals surface area contributed by atoms with E-state index in [1.165, 1.54) is 31.0 Å². The van der Waals surface area contributed by atoms with Gasteiger partial charge in [0, 0.05) is 12.1 Å². The van der Waals surface area contributed by atoms with E-state index in [-0.39, 0.29) is 29.2 Å². The van der Waals surface area contributed by atoms with Crippen LogP contribution in [0.1, 0.15) is 29.5 Å². The average molecular weight is 484 g/mol. The third-order valence-electron chi connectivity index (χ3n) is 4.29. The van der Waals surface area contributed by atoms with Gasteiger partial charge in [0.15, 0.2) is 6.10 Å². The number of hydrogen-bond acceptors (Lipinski definition) is 8. The zero-order valence-electron chi connectivity index (χ0n) is 17.3. The Morgan fingerprint density at radius 3 is 2.66 bits per heavy atom. The normalized spacial score (nSPS) is 12.5. The lowest BCUT2D eigenvalue weighted by Crippen LogP contribution is -2.45. The Bertz CT molecular complexity index is 968. The molecule has 0 fully saturated rings. The molecule has 1 aromatic carbocycles. The Morgan fingerprint density at radius 1 is 1.31 bits per heavy atom. The maximum Gasteiger partial charge on any atom is 0.329 e. The number of thioether (sulfide) groups is 1. The van der Waals surface area contributed by atoms with Crippen molar-refractivity contribution in [3.8, 4) is 0 Å². The van der Waals surface area contributed by atoms with Gasteiger partial charge < -0.3 is 19.8 Å². The first kappa shape index (κ1) is 25.2. The summed E-state index contributed by atoms with van der Waals surface area (Å²) in [6.45, 7) is 1.55. The highest BCUT2D eigenvalue weighted by Crippen LogP contribution is 2.22. The maximum absolute atomic E-state index is 12.6. The molecule has 0 aliphatic heterocycles. The summed E-state index contributed by atoms with van der Waals surface area (Å²) in [5.74, 6) is -0.924. The minimum atomic E-state index is -1.10. The van der Waals surface area contributed by atoms with Gasteiger partial charge in [-0.3, -0.25) is 19.7 Å². The molecule has 2 aromatic rings. The predicted molar refractivity (Wildman–Crippen MR) is 118 cm³/mol. The summed E-state index contributed by atoms with van der Waals surface area (Å²) in [5.41, 5.74) is -0.289. The lowest BCUT2D eigenvalue weighted by atomic mass is 10.1. The second-order valence-corrected chi connectivity index (χ2v) is 8.00. The quantitative estimate of drug-likeness (QED) is 0.282. The van der Waals surface area contributed by atoms with Crippen molar-refractivity contribution in [2.45, 2.75) is 32.0 Å². The van der Waals surface area contributed by atoms with Gasteiger partial charge >= 0.3 is 5.97 Å². The second kappa shape index (κ2) is 12.1. The molecule has 0 bridgehead atoms. The zero-order valence-corrected chi connectivity index (χ0v) is 18.9. The van der Waals surface area contributed by atoms with Gasteiger partial charge in [-0.1, -0.05) is 11.6 Å². The standard InChI is InChI=1S/C20H22ClN3O7S/c1-12(18(25)22-11-14-4-3-8-30-14)31-20(27)17(7-9-32-2)23-19(26)15-6-5-13(24(28)29)10-16(15)21/h3-6,8,10,12,17H,7,9,11H2,1-2H3,(H,22,25)(H,23,26)/t12-,17-/m1/s1. The molecule has 2 N–H and O–H groups in total. The smallest absolute Gasteiger partial charge is 0.329 e. The van der Waals surface area contributed by atoms with Crippen molar-refractivity contribution in [3.05, 3.63) is 63.1 Å². The topological polar surface area (TPSA) is 141 Å². The van der Waals surface area contributed by atoms with E-state index in [0.29, 0.717) is 11.5 Å². The third kappa shape index (κ3) is 7.27. The van der Waals surface area contributed by atoms with Gasteiger partial charge in [0.2, 0.25) is 0 Å². The fraction of sp³-hybridized carbons (Fsp3) is 0.350. The predicted octanol–water partition coefficient (Wildman–Crippen LogP) is 2.94. The molecule has 0 unspecified atom stereocenters. The highest BCUT2D eigenvalue weighted by molar-refractivity contribution is 7.98. The van der Waals surface area contributed by atoms with Gasteiger partial charge in [0.25, 0.3) is 17.5 Å². The van der Waals surface area contributed by atoms with Crippen molar-refractivity contribution in [3.63, 3.8) is 0 Å². The van der Waals surface area contributed by atoms with E-state index in [9.17, 15) is 24.5 Å².